The fourth-order valence-corrected chi connectivity index (χ4v) is 5.48. The van der Waals surface area contributed by atoms with Gasteiger partial charge in [-0.25, -0.2) is 9.97 Å². The SMILES string of the molecule is CCOC(=O)C1CCc2c(sc3ncnc(Nc4cc5cn[nH]c5cc4OC(C)C)c23)C1. The molecule has 1 atom stereocenters. The second kappa shape index (κ2) is 8.38. The van der Waals surface area contributed by atoms with Crippen LogP contribution in [0, 0.1) is 5.92 Å². The molecule has 3 aromatic heterocycles. The molecule has 1 aliphatic rings. The van der Waals surface area contributed by atoms with Crippen molar-refractivity contribution in [2.45, 2.75) is 46.1 Å². The largest absolute Gasteiger partial charge is 0.489 e. The van der Waals surface area contributed by atoms with Gasteiger partial charge in [-0.15, -0.1) is 11.3 Å². The van der Waals surface area contributed by atoms with Crippen LogP contribution in [0.3, 0.4) is 0 Å². The number of nitrogens with zero attached hydrogens (tertiary/aromatic N) is 3. The number of thiophene rings is 1. The van der Waals surface area contributed by atoms with Crippen molar-refractivity contribution in [2.24, 2.45) is 5.92 Å². The van der Waals surface area contributed by atoms with E-state index >= 15 is 0 Å². The van der Waals surface area contributed by atoms with Crippen molar-refractivity contribution in [2.75, 3.05) is 11.9 Å². The van der Waals surface area contributed by atoms with Gasteiger partial charge in [0, 0.05) is 16.3 Å². The number of esters is 1. The summed E-state index contributed by atoms with van der Waals surface area (Å²) in [4.78, 5) is 23.5. The number of aryl methyl sites for hydroxylation is 1. The molecule has 3 heterocycles. The number of aromatic nitrogens is 4. The number of carbonyl (C=O) groups excluding carboxylic acids is 1. The predicted molar refractivity (Wildman–Crippen MR) is 125 cm³/mol. The second-order valence-corrected chi connectivity index (χ2v) is 9.28. The van der Waals surface area contributed by atoms with Gasteiger partial charge in [-0.1, -0.05) is 0 Å². The summed E-state index contributed by atoms with van der Waals surface area (Å²) in [5.74, 6) is 1.28. The number of benzene rings is 1. The number of H-pyrrole nitrogens is 1. The first kappa shape index (κ1) is 20.7. The van der Waals surface area contributed by atoms with E-state index < -0.39 is 0 Å². The van der Waals surface area contributed by atoms with Crippen LogP contribution in [-0.4, -0.2) is 38.8 Å². The Hall–Kier alpha value is -3.20. The van der Waals surface area contributed by atoms with Crippen LogP contribution in [0.1, 0.15) is 37.6 Å². The molecule has 32 heavy (non-hydrogen) atoms. The van der Waals surface area contributed by atoms with Gasteiger partial charge in [0.2, 0.25) is 0 Å². The minimum Gasteiger partial charge on any atom is -0.489 e. The third kappa shape index (κ3) is 3.77. The van der Waals surface area contributed by atoms with Gasteiger partial charge in [0.15, 0.2) is 0 Å². The smallest absolute Gasteiger partial charge is 0.309 e. The summed E-state index contributed by atoms with van der Waals surface area (Å²) in [7, 11) is 0. The van der Waals surface area contributed by atoms with Crippen LogP contribution in [0.2, 0.25) is 0 Å². The molecule has 0 saturated carbocycles. The molecule has 0 amide bonds. The van der Waals surface area contributed by atoms with Gasteiger partial charge >= 0.3 is 5.97 Å². The van der Waals surface area contributed by atoms with E-state index in [1.54, 1.807) is 23.9 Å². The van der Waals surface area contributed by atoms with Crippen molar-refractivity contribution in [1.29, 1.82) is 0 Å². The number of rotatable bonds is 6. The highest BCUT2D eigenvalue weighted by molar-refractivity contribution is 7.19. The van der Waals surface area contributed by atoms with Gasteiger partial charge in [-0.05, 0) is 51.7 Å². The number of ether oxygens (including phenoxy) is 2. The van der Waals surface area contributed by atoms with E-state index in [1.165, 1.54) is 10.4 Å². The van der Waals surface area contributed by atoms with Gasteiger partial charge < -0.3 is 14.8 Å². The van der Waals surface area contributed by atoms with Crippen molar-refractivity contribution < 1.29 is 14.3 Å². The van der Waals surface area contributed by atoms with Crippen molar-refractivity contribution in [3.8, 4) is 5.75 Å². The van der Waals surface area contributed by atoms with Crippen LogP contribution >= 0.6 is 11.3 Å². The van der Waals surface area contributed by atoms with E-state index in [2.05, 4.69) is 25.5 Å². The first-order chi connectivity index (χ1) is 15.5. The van der Waals surface area contributed by atoms with Gasteiger partial charge in [0.1, 0.15) is 22.7 Å². The molecular formula is C23H25N5O3S. The molecule has 0 spiro atoms. The Morgan fingerprint density at radius 3 is 3.03 bits per heavy atom. The highest BCUT2D eigenvalue weighted by Crippen LogP contribution is 2.42. The molecule has 166 valence electrons. The van der Waals surface area contributed by atoms with E-state index in [9.17, 15) is 4.79 Å². The lowest BCUT2D eigenvalue weighted by atomic mass is 9.88. The Balaban J connectivity index is 1.53. The zero-order valence-electron chi connectivity index (χ0n) is 18.3. The number of nitrogens with one attached hydrogen (secondary N) is 2. The second-order valence-electron chi connectivity index (χ2n) is 8.20. The number of hydrogen-bond donors (Lipinski definition) is 2. The Kier molecular flexibility index (Phi) is 5.42. The minimum atomic E-state index is -0.107. The van der Waals surface area contributed by atoms with E-state index in [0.717, 1.165) is 51.2 Å². The molecule has 5 rings (SSSR count). The molecule has 2 N–H and O–H groups in total. The molecule has 1 aromatic carbocycles. The number of aromatic amines is 1. The minimum absolute atomic E-state index is 0.0232. The lowest BCUT2D eigenvalue weighted by Gasteiger charge is -2.21. The fraction of sp³-hybridized carbons (Fsp3) is 0.391. The maximum atomic E-state index is 12.3. The summed E-state index contributed by atoms with van der Waals surface area (Å²) in [5, 5.41) is 12.6. The van der Waals surface area contributed by atoms with Gasteiger partial charge in [-0.2, -0.15) is 5.10 Å². The Morgan fingerprint density at radius 2 is 2.22 bits per heavy atom. The summed E-state index contributed by atoms with van der Waals surface area (Å²) >= 11 is 1.64. The fourth-order valence-electron chi connectivity index (χ4n) is 4.21. The van der Waals surface area contributed by atoms with Crippen molar-refractivity contribution in [1.82, 2.24) is 20.2 Å². The normalized spacial score (nSPS) is 15.8. The molecular weight excluding hydrogens is 426 g/mol. The van der Waals surface area contributed by atoms with Crippen LogP contribution in [0.15, 0.2) is 24.7 Å². The average Bonchev–Trinajstić information content (AvgIpc) is 3.37. The molecule has 0 bridgehead atoms. The van der Waals surface area contributed by atoms with Crippen LogP contribution in [-0.2, 0) is 22.4 Å². The van der Waals surface area contributed by atoms with Gasteiger partial charge in [0.25, 0.3) is 0 Å². The molecule has 1 unspecified atom stereocenters. The summed E-state index contributed by atoms with van der Waals surface area (Å²) in [6, 6.07) is 3.97. The van der Waals surface area contributed by atoms with Crippen molar-refractivity contribution >= 4 is 49.9 Å². The zero-order valence-corrected chi connectivity index (χ0v) is 19.1. The number of fused-ring (bicyclic) bond motifs is 4. The van der Waals surface area contributed by atoms with E-state index in [-0.39, 0.29) is 18.0 Å². The van der Waals surface area contributed by atoms with E-state index in [4.69, 9.17) is 9.47 Å². The number of hydrogen-bond acceptors (Lipinski definition) is 8. The summed E-state index contributed by atoms with van der Waals surface area (Å²) in [6.07, 6.45) is 5.66. The Labute approximate surface area is 189 Å². The molecule has 0 aliphatic heterocycles. The van der Waals surface area contributed by atoms with Crippen molar-refractivity contribution in [3.63, 3.8) is 0 Å². The first-order valence-corrected chi connectivity index (χ1v) is 11.7. The van der Waals surface area contributed by atoms with Crippen LogP contribution in [0.25, 0.3) is 21.1 Å². The van der Waals surface area contributed by atoms with Crippen LogP contribution in [0.4, 0.5) is 11.5 Å². The van der Waals surface area contributed by atoms with Gasteiger partial charge in [-0.3, -0.25) is 9.89 Å². The molecule has 8 nitrogen and oxygen atoms in total. The average molecular weight is 452 g/mol. The summed E-state index contributed by atoms with van der Waals surface area (Å²) in [5.41, 5.74) is 2.97. The molecule has 0 saturated heterocycles. The lowest BCUT2D eigenvalue weighted by Crippen LogP contribution is -2.23. The predicted octanol–water partition coefficient (Wildman–Crippen LogP) is 4.77. The van der Waals surface area contributed by atoms with E-state index in [0.29, 0.717) is 13.0 Å². The highest BCUT2D eigenvalue weighted by atomic mass is 32.1. The number of carbonyl (C=O) groups is 1. The molecule has 9 heteroatoms. The van der Waals surface area contributed by atoms with Crippen LogP contribution < -0.4 is 10.1 Å². The van der Waals surface area contributed by atoms with Crippen LogP contribution in [0.5, 0.6) is 5.75 Å². The Morgan fingerprint density at radius 1 is 1.34 bits per heavy atom. The third-order valence-corrected chi connectivity index (χ3v) is 6.78. The third-order valence-electron chi connectivity index (χ3n) is 5.62. The van der Waals surface area contributed by atoms with E-state index in [1.807, 2.05) is 32.9 Å². The molecule has 4 aromatic rings. The zero-order chi connectivity index (χ0) is 22.2. The number of anilines is 2. The maximum absolute atomic E-state index is 12.3. The lowest BCUT2D eigenvalue weighted by molar-refractivity contribution is -0.148. The maximum Gasteiger partial charge on any atom is 0.309 e. The topological polar surface area (TPSA) is 102 Å². The highest BCUT2D eigenvalue weighted by Gasteiger charge is 2.30. The first-order valence-electron chi connectivity index (χ1n) is 10.9. The monoisotopic (exact) mass is 451 g/mol. The molecule has 0 fully saturated rings. The van der Waals surface area contributed by atoms with Crippen molar-refractivity contribution in [3.05, 3.63) is 35.1 Å². The summed E-state index contributed by atoms with van der Waals surface area (Å²) in [6.45, 7) is 6.26. The summed E-state index contributed by atoms with van der Waals surface area (Å²) < 4.78 is 11.3. The molecule has 0 radical (unpaired) electrons. The van der Waals surface area contributed by atoms with Gasteiger partial charge in [0.05, 0.1) is 41.4 Å². The quantitative estimate of drug-likeness (QED) is 0.407. The molecule has 1 aliphatic carbocycles. The Bertz CT molecular complexity index is 1300. The standard InChI is InChI=1S/C23H25N5O3S/c1-4-30-23(29)13-5-6-15-19(8-13)32-22-20(15)21(24-11-25-22)27-17-7-14-10-26-28-16(14)9-18(17)31-12(2)3/h7,9-13H,4-6,8H2,1-3H3,(H,26,28)(H,24,25,27).